The third-order valence-electron chi connectivity index (χ3n) is 3.53. The van der Waals surface area contributed by atoms with Gasteiger partial charge in [0.05, 0.1) is 16.6 Å². The first-order valence-electron chi connectivity index (χ1n) is 7.12. The van der Waals surface area contributed by atoms with E-state index in [1.165, 1.54) is 6.92 Å². The average Bonchev–Trinajstić information content (AvgIpc) is 2.54. The molecule has 0 spiro atoms. The predicted molar refractivity (Wildman–Crippen MR) is 82.7 cm³/mol. The number of aliphatic hydroxyl groups is 1. The SMILES string of the molecule is Cc1cc(S(=O)(=O)NC[C@@H](O)c2ccc(C(F)(F)F)cc2)ccc1F. The number of sulfonamides is 1. The lowest BCUT2D eigenvalue weighted by Crippen LogP contribution is -2.28. The lowest BCUT2D eigenvalue weighted by molar-refractivity contribution is -0.137. The second-order valence-corrected chi connectivity index (χ2v) is 7.17. The smallest absolute Gasteiger partial charge is 0.387 e. The molecule has 0 aliphatic rings. The van der Waals surface area contributed by atoms with E-state index in [2.05, 4.69) is 4.72 Å². The summed E-state index contributed by atoms with van der Waals surface area (Å²) in [4.78, 5) is -0.175. The number of benzene rings is 2. The molecular formula is C16H15F4NO3S. The fraction of sp³-hybridized carbons (Fsp3) is 0.250. The predicted octanol–water partition coefficient (Wildman–Crippen LogP) is 3.16. The van der Waals surface area contributed by atoms with E-state index in [0.29, 0.717) is 0 Å². The zero-order valence-corrected chi connectivity index (χ0v) is 13.8. The third kappa shape index (κ3) is 4.77. The average molecular weight is 377 g/mol. The molecule has 2 N–H and O–H groups in total. The van der Waals surface area contributed by atoms with E-state index in [1.807, 2.05) is 0 Å². The van der Waals surface area contributed by atoms with Crippen LogP contribution in [0.25, 0.3) is 0 Å². The lowest BCUT2D eigenvalue weighted by Gasteiger charge is -2.14. The summed E-state index contributed by atoms with van der Waals surface area (Å²) in [5.74, 6) is -0.552. The van der Waals surface area contributed by atoms with Gasteiger partial charge in [-0.15, -0.1) is 0 Å². The second-order valence-electron chi connectivity index (χ2n) is 5.40. The number of nitrogens with one attached hydrogen (secondary N) is 1. The molecule has 0 heterocycles. The van der Waals surface area contributed by atoms with Crippen molar-refractivity contribution in [2.24, 2.45) is 0 Å². The number of halogens is 4. The maximum absolute atomic E-state index is 13.2. The Morgan fingerprint density at radius 1 is 1.12 bits per heavy atom. The molecule has 0 radical (unpaired) electrons. The second kappa shape index (κ2) is 7.11. The highest BCUT2D eigenvalue weighted by atomic mass is 32.2. The Kier molecular flexibility index (Phi) is 5.50. The van der Waals surface area contributed by atoms with Crippen LogP contribution in [-0.2, 0) is 16.2 Å². The van der Waals surface area contributed by atoms with Gasteiger partial charge in [-0.1, -0.05) is 12.1 Å². The molecule has 0 bridgehead atoms. The highest BCUT2D eigenvalue weighted by molar-refractivity contribution is 7.89. The highest BCUT2D eigenvalue weighted by Crippen LogP contribution is 2.29. The minimum absolute atomic E-state index is 0.131. The maximum atomic E-state index is 13.2. The normalized spacial score (nSPS) is 13.7. The minimum Gasteiger partial charge on any atom is -0.387 e. The maximum Gasteiger partial charge on any atom is 0.416 e. The van der Waals surface area contributed by atoms with Gasteiger partial charge in [-0.3, -0.25) is 0 Å². The molecule has 0 saturated carbocycles. The van der Waals surface area contributed by atoms with Crippen molar-refractivity contribution in [3.63, 3.8) is 0 Å². The number of aryl methyl sites for hydroxylation is 1. The molecule has 4 nitrogen and oxygen atoms in total. The van der Waals surface area contributed by atoms with Gasteiger partial charge in [0.15, 0.2) is 0 Å². The van der Waals surface area contributed by atoms with Crippen molar-refractivity contribution < 1.29 is 31.1 Å². The van der Waals surface area contributed by atoms with Crippen molar-refractivity contribution in [1.82, 2.24) is 4.72 Å². The topological polar surface area (TPSA) is 66.4 Å². The van der Waals surface area contributed by atoms with E-state index in [4.69, 9.17) is 0 Å². The van der Waals surface area contributed by atoms with Gasteiger partial charge in [0, 0.05) is 6.54 Å². The Balaban J connectivity index is 2.08. The molecule has 2 aromatic carbocycles. The first-order valence-corrected chi connectivity index (χ1v) is 8.60. The molecule has 0 aromatic heterocycles. The van der Waals surface area contributed by atoms with E-state index in [-0.39, 0.29) is 16.0 Å². The summed E-state index contributed by atoms with van der Waals surface area (Å²) >= 11 is 0. The van der Waals surface area contributed by atoms with E-state index in [0.717, 1.165) is 42.5 Å². The van der Waals surface area contributed by atoms with Crippen molar-refractivity contribution in [1.29, 1.82) is 0 Å². The van der Waals surface area contributed by atoms with Crippen molar-refractivity contribution in [3.05, 3.63) is 65.0 Å². The van der Waals surface area contributed by atoms with Gasteiger partial charge in [-0.25, -0.2) is 17.5 Å². The minimum atomic E-state index is -4.49. The lowest BCUT2D eigenvalue weighted by atomic mass is 10.1. The largest absolute Gasteiger partial charge is 0.416 e. The van der Waals surface area contributed by atoms with Crippen molar-refractivity contribution >= 4 is 10.0 Å². The number of aliphatic hydroxyl groups excluding tert-OH is 1. The van der Waals surface area contributed by atoms with Crippen LogP contribution in [0, 0.1) is 12.7 Å². The Morgan fingerprint density at radius 3 is 2.24 bits per heavy atom. The molecule has 9 heteroatoms. The monoisotopic (exact) mass is 377 g/mol. The van der Waals surface area contributed by atoms with Gasteiger partial charge >= 0.3 is 6.18 Å². The molecule has 136 valence electrons. The van der Waals surface area contributed by atoms with Crippen molar-refractivity contribution in [3.8, 4) is 0 Å². The molecule has 0 amide bonds. The van der Waals surface area contributed by atoms with Gasteiger partial charge in [-0.05, 0) is 48.4 Å². The molecule has 2 rings (SSSR count). The Bertz CT molecular complexity index is 849. The third-order valence-corrected chi connectivity index (χ3v) is 4.95. The van der Waals surface area contributed by atoms with E-state index >= 15 is 0 Å². The van der Waals surface area contributed by atoms with Crippen molar-refractivity contribution in [2.45, 2.75) is 24.1 Å². The summed E-state index contributed by atoms with van der Waals surface area (Å²) in [7, 11) is -3.99. The molecule has 0 aliphatic heterocycles. The Hall–Kier alpha value is -1.97. The van der Waals surface area contributed by atoms with Crippen LogP contribution < -0.4 is 4.72 Å². The van der Waals surface area contributed by atoms with Gasteiger partial charge in [0.1, 0.15) is 5.82 Å². The number of alkyl halides is 3. The van der Waals surface area contributed by atoms with Crippen molar-refractivity contribution in [2.75, 3.05) is 6.54 Å². The molecule has 0 unspecified atom stereocenters. The molecular weight excluding hydrogens is 362 g/mol. The summed E-state index contributed by atoms with van der Waals surface area (Å²) in [6.45, 7) is 0.968. The summed E-state index contributed by atoms with van der Waals surface area (Å²) in [6.07, 6.45) is -5.83. The van der Waals surface area contributed by atoms with Gasteiger partial charge in [-0.2, -0.15) is 13.2 Å². The molecule has 0 fully saturated rings. The Morgan fingerprint density at radius 2 is 1.72 bits per heavy atom. The van der Waals surface area contributed by atoms with Crippen LogP contribution in [0.5, 0.6) is 0 Å². The zero-order chi connectivity index (χ0) is 18.8. The van der Waals surface area contributed by atoms with Gasteiger partial charge in [0.2, 0.25) is 10.0 Å². The van der Waals surface area contributed by atoms with Gasteiger partial charge in [0.25, 0.3) is 0 Å². The number of hydrogen-bond donors (Lipinski definition) is 2. The Labute approximate surface area is 142 Å². The van der Waals surface area contributed by atoms with Gasteiger partial charge < -0.3 is 5.11 Å². The fourth-order valence-corrected chi connectivity index (χ4v) is 3.19. The summed E-state index contributed by atoms with van der Waals surface area (Å²) in [6, 6.07) is 6.98. The van der Waals surface area contributed by atoms with E-state index in [1.54, 1.807) is 0 Å². The summed E-state index contributed by atoms with van der Waals surface area (Å²) < 4.78 is 77.1. The van der Waals surface area contributed by atoms with E-state index in [9.17, 15) is 31.1 Å². The molecule has 25 heavy (non-hydrogen) atoms. The van der Waals surface area contributed by atoms with Crippen LogP contribution in [0.15, 0.2) is 47.4 Å². The van der Waals surface area contributed by atoms with E-state index < -0.39 is 40.2 Å². The summed E-state index contributed by atoms with van der Waals surface area (Å²) in [5, 5.41) is 9.95. The first kappa shape index (κ1) is 19.4. The number of rotatable bonds is 5. The van der Waals surface area contributed by atoms with Crippen LogP contribution >= 0.6 is 0 Å². The first-order chi connectivity index (χ1) is 11.5. The molecule has 0 aliphatic carbocycles. The molecule has 0 saturated heterocycles. The zero-order valence-electron chi connectivity index (χ0n) is 13.0. The fourth-order valence-electron chi connectivity index (χ4n) is 2.07. The van der Waals surface area contributed by atoms with Crippen LogP contribution in [0.4, 0.5) is 17.6 Å². The standard InChI is InChI=1S/C16H15F4NO3S/c1-10-8-13(6-7-14(10)17)25(23,24)21-9-15(22)11-2-4-12(5-3-11)16(18,19)20/h2-8,15,21-22H,9H2,1H3/t15-/m1/s1. The quantitative estimate of drug-likeness (QED) is 0.787. The molecule has 2 aromatic rings. The summed E-state index contributed by atoms with van der Waals surface area (Å²) in [5.41, 5.74) is -0.594. The van der Waals surface area contributed by atoms with Crippen LogP contribution in [0.1, 0.15) is 22.8 Å². The number of hydrogen-bond acceptors (Lipinski definition) is 3. The van der Waals surface area contributed by atoms with Crippen LogP contribution in [-0.4, -0.2) is 20.1 Å². The van der Waals surface area contributed by atoms with Crippen LogP contribution in [0.2, 0.25) is 0 Å². The van der Waals surface area contributed by atoms with Crippen LogP contribution in [0.3, 0.4) is 0 Å². The molecule has 1 atom stereocenters. The highest BCUT2D eigenvalue weighted by Gasteiger charge is 2.30.